The Hall–Kier alpha value is -0.910. The van der Waals surface area contributed by atoms with Gasteiger partial charge in [-0.1, -0.05) is 0 Å². The Kier molecular flexibility index (Phi) is 3.60. The van der Waals surface area contributed by atoms with Gasteiger partial charge in [-0.25, -0.2) is 0 Å². The van der Waals surface area contributed by atoms with E-state index in [4.69, 9.17) is 0 Å². The maximum absolute atomic E-state index is 12.5. The van der Waals surface area contributed by atoms with Crippen LogP contribution in [-0.2, 0) is 12.8 Å². The number of aryl methyl sites for hydroxylation is 2. The number of fused-ring (bicyclic) bond motifs is 1. The Balaban J connectivity index is 1.77. The maximum Gasteiger partial charge on any atom is 0.264 e. The molecule has 2 N–H and O–H groups in total. The van der Waals surface area contributed by atoms with Crippen molar-refractivity contribution in [3.8, 4) is 0 Å². The van der Waals surface area contributed by atoms with Gasteiger partial charge in [-0.05, 0) is 37.3 Å². The number of carbonyl (C=O) groups is 1. The molecule has 104 valence electrons. The minimum atomic E-state index is -0.455. The predicted molar refractivity (Wildman–Crippen MR) is 75.7 cm³/mol. The van der Waals surface area contributed by atoms with Crippen LogP contribution in [0.5, 0.6) is 0 Å². The Morgan fingerprint density at radius 2 is 2.21 bits per heavy atom. The van der Waals surface area contributed by atoms with Gasteiger partial charge in [0.2, 0.25) is 0 Å². The van der Waals surface area contributed by atoms with Crippen LogP contribution in [0.3, 0.4) is 0 Å². The molecule has 1 amide bonds. The van der Waals surface area contributed by atoms with Crippen molar-refractivity contribution in [2.45, 2.75) is 37.8 Å². The third-order valence-electron chi connectivity index (χ3n) is 4.18. The van der Waals surface area contributed by atoms with E-state index in [1.54, 1.807) is 23.3 Å². The number of carbonyl (C=O) groups excluding carboxylic acids is 1. The van der Waals surface area contributed by atoms with Crippen LogP contribution in [0.1, 0.15) is 33.0 Å². The number of aliphatic hydroxyl groups excluding tert-OH is 1. The van der Waals surface area contributed by atoms with Gasteiger partial charge in [0.05, 0.1) is 17.0 Å². The van der Waals surface area contributed by atoms with Crippen molar-refractivity contribution in [3.63, 3.8) is 0 Å². The molecule has 2 atom stereocenters. The number of nitrogens with one attached hydrogen (secondary N) is 1. The molecule has 2 heterocycles. The van der Waals surface area contributed by atoms with E-state index < -0.39 is 6.10 Å². The molecule has 19 heavy (non-hydrogen) atoms. The molecule has 3 rings (SSSR count). The average Bonchev–Trinajstić information content (AvgIpc) is 3.02. The van der Waals surface area contributed by atoms with E-state index in [-0.39, 0.29) is 11.9 Å². The van der Waals surface area contributed by atoms with Crippen molar-refractivity contribution in [1.82, 2.24) is 10.2 Å². The Labute approximate surface area is 117 Å². The fraction of sp³-hybridized carbons (Fsp3) is 0.643. The first-order chi connectivity index (χ1) is 9.16. The van der Waals surface area contributed by atoms with Gasteiger partial charge in [-0.15, -0.1) is 11.3 Å². The quantitative estimate of drug-likeness (QED) is 0.851. The van der Waals surface area contributed by atoms with Gasteiger partial charge in [-0.2, -0.15) is 0 Å². The fourth-order valence-corrected chi connectivity index (χ4v) is 4.20. The van der Waals surface area contributed by atoms with Crippen LogP contribution in [-0.4, -0.2) is 48.2 Å². The van der Waals surface area contributed by atoms with Gasteiger partial charge in [0.15, 0.2) is 0 Å². The molecule has 1 aliphatic carbocycles. The molecule has 0 bridgehead atoms. The van der Waals surface area contributed by atoms with Crippen LogP contribution < -0.4 is 5.32 Å². The van der Waals surface area contributed by atoms with Gasteiger partial charge in [0, 0.05) is 25.0 Å². The van der Waals surface area contributed by atoms with Crippen LogP contribution in [0.4, 0.5) is 0 Å². The van der Waals surface area contributed by atoms with Crippen LogP contribution in [0.2, 0.25) is 0 Å². The van der Waals surface area contributed by atoms with Crippen molar-refractivity contribution in [2.75, 3.05) is 20.1 Å². The summed E-state index contributed by atoms with van der Waals surface area (Å²) in [7, 11) is 1.79. The highest BCUT2D eigenvalue weighted by Crippen LogP contribution is 2.30. The second-order valence-electron chi connectivity index (χ2n) is 5.48. The maximum atomic E-state index is 12.5. The summed E-state index contributed by atoms with van der Waals surface area (Å²) in [6.07, 6.45) is 4.24. The molecule has 1 saturated heterocycles. The SMILES string of the molecule is CN(C(=O)c1cc2c(s1)CCCC2)[C@@H]1CNC[C@H]1O. The molecule has 1 aliphatic heterocycles. The molecule has 2 aliphatic rings. The van der Waals surface area contributed by atoms with E-state index in [0.29, 0.717) is 13.1 Å². The number of amides is 1. The summed E-state index contributed by atoms with van der Waals surface area (Å²) in [5.41, 5.74) is 1.36. The highest BCUT2D eigenvalue weighted by atomic mass is 32.1. The van der Waals surface area contributed by atoms with E-state index in [0.717, 1.165) is 17.7 Å². The number of likely N-dealkylation sites (N-methyl/N-ethyl adjacent to an activating group) is 1. The van der Waals surface area contributed by atoms with E-state index in [2.05, 4.69) is 11.4 Å². The minimum Gasteiger partial charge on any atom is -0.390 e. The molecule has 0 aromatic carbocycles. The number of hydrogen-bond acceptors (Lipinski definition) is 4. The zero-order valence-electron chi connectivity index (χ0n) is 11.2. The summed E-state index contributed by atoms with van der Waals surface area (Å²) in [5.74, 6) is 0.0483. The first kappa shape index (κ1) is 13.1. The normalized spacial score (nSPS) is 26.2. The highest BCUT2D eigenvalue weighted by molar-refractivity contribution is 7.14. The zero-order chi connectivity index (χ0) is 13.4. The smallest absolute Gasteiger partial charge is 0.264 e. The fourth-order valence-electron chi connectivity index (χ4n) is 2.97. The molecular formula is C14H20N2O2S. The molecule has 4 nitrogen and oxygen atoms in total. The third-order valence-corrected chi connectivity index (χ3v) is 5.40. The lowest BCUT2D eigenvalue weighted by Crippen LogP contribution is -2.44. The second kappa shape index (κ2) is 5.23. The Morgan fingerprint density at radius 1 is 1.42 bits per heavy atom. The third kappa shape index (κ3) is 2.42. The van der Waals surface area contributed by atoms with Crippen molar-refractivity contribution in [1.29, 1.82) is 0 Å². The number of rotatable bonds is 2. The molecule has 1 aromatic rings. The molecule has 0 spiro atoms. The van der Waals surface area contributed by atoms with Crippen LogP contribution in [0.15, 0.2) is 6.07 Å². The van der Waals surface area contributed by atoms with Crippen molar-refractivity contribution < 1.29 is 9.90 Å². The average molecular weight is 280 g/mol. The lowest BCUT2D eigenvalue weighted by molar-refractivity contribution is 0.0585. The largest absolute Gasteiger partial charge is 0.390 e. The molecule has 5 heteroatoms. The lowest BCUT2D eigenvalue weighted by atomic mass is 9.99. The lowest BCUT2D eigenvalue weighted by Gasteiger charge is -2.25. The summed E-state index contributed by atoms with van der Waals surface area (Å²) in [5, 5.41) is 13.0. The summed E-state index contributed by atoms with van der Waals surface area (Å²) >= 11 is 1.64. The second-order valence-corrected chi connectivity index (χ2v) is 6.61. The van der Waals surface area contributed by atoms with Crippen molar-refractivity contribution in [2.24, 2.45) is 0 Å². The molecule has 1 aromatic heterocycles. The Bertz CT molecular complexity index is 462. The van der Waals surface area contributed by atoms with E-state index >= 15 is 0 Å². The van der Waals surface area contributed by atoms with Crippen molar-refractivity contribution in [3.05, 3.63) is 21.4 Å². The number of β-amino-alcohol motifs (C(OH)–C–C–N with tert-alkyl or cyclic N) is 1. The number of hydrogen-bond donors (Lipinski definition) is 2. The molecular weight excluding hydrogens is 260 g/mol. The summed E-state index contributed by atoms with van der Waals surface area (Å²) in [4.78, 5) is 16.4. The van der Waals surface area contributed by atoms with Crippen LogP contribution in [0, 0.1) is 0 Å². The van der Waals surface area contributed by atoms with Gasteiger partial charge in [0.1, 0.15) is 0 Å². The standard InChI is InChI=1S/C14H20N2O2S/c1-16(10-7-15-8-11(10)17)14(18)13-6-9-4-2-3-5-12(9)19-13/h6,10-11,15,17H,2-5,7-8H2,1H3/t10-,11-/m1/s1. The highest BCUT2D eigenvalue weighted by Gasteiger charge is 2.32. The van der Waals surface area contributed by atoms with E-state index in [1.165, 1.54) is 23.3 Å². The summed E-state index contributed by atoms with van der Waals surface area (Å²) < 4.78 is 0. The molecule has 1 fully saturated rings. The van der Waals surface area contributed by atoms with Crippen LogP contribution in [0.25, 0.3) is 0 Å². The Morgan fingerprint density at radius 3 is 2.89 bits per heavy atom. The van der Waals surface area contributed by atoms with E-state index in [1.807, 2.05) is 0 Å². The molecule has 0 radical (unpaired) electrons. The van der Waals surface area contributed by atoms with Gasteiger partial charge >= 0.3 is 0 Å². The number of aliphatic hydroxyl groups is 1. The van der Waals surface area contributed by atoms with Gasteiger partial charge in [0.25, 0.3) is 5.91 Å². The van der Waals surface area contributed by atoms with Gasteiger partial charge in [-0.3, -0.25) is 4.79 Å². The molecule has 0 unspecified atom stereocenters. The minimum absolute atomic E-state index is 0.0483. The zero-order valence-corrected chi connectivity index (χ0v) is 12.0. The van der Waals surface area contributed by atoms with E-state index in [9.17, 15) is 9.90 Å². The van der Waals surface area contributed by atoms with Gasteiger partial charge < -0.3 is 15.3 Å². The monoisotopic (exact) mass is 280 g/mol. The number of thiophene rings is 1. The topological polar surface area (TPSA) is 52.6 Å². The first-order valence-corrected chi connectivity index (χ1v) is 7.76. The first-order valence-electron chi connectivity index (χ1n) is 6.94. The molecule has 0 saturated carbocycles. The summed E-state index contributed by atoms with van der Waals surface area (Å²) in [6.45, 7) is 1.25. The summed E-state index contributed by atoms with van der Waals surface area (Å²) in [6, 6.07) is 1.96. The van der Waals surface area contributed by atoms with Crippen LogP contribution >= 0.6 is 11.3 Å². The number of nitrogens with zero attached hydrogens (tertiary/aromatic N) is 1. The predicted octanol–water partition coefficient (Wildman–Crippen LogP) is 1.03. The van der Waals surface area contributed by atoms with Crippen molar-refractivity contribution >= 4 is 17.2 Å².